The topological polar surface area (TPSA) is 84.6 Å². The van der Waals surface area contributed by atoms with Crippen LogP contribution >= 0.6 is 0 Å². The number of hydrogen-bond acceptors (Lipinski definition) is 5. The van der Waals surface area contributed by atoms with Crippen molar-refractivity contribution in [1.82, 2.24) is 14.7 Å². The molecule has 3 aromatic carbocycles. The molecule has 0 spiro atoms. The van der Waals surface area contributed by atoms with Crippen molar-refractivity contribution in [2.45, 2.75) is 39.7 Å². The molecule has 1 aliphatic heterocycles. The molecule has 0 radical (unpaired) electrons. The molecule has 5 aromatic rings. The van der Waals surface area contributed by atoms with Gasteiger partial charge in [0.2, 0.25) is 0 Å². The number of fused-ring (bicyclic) bond motifs is 1. The van der Waals surface area contributed by atoms with Crippen molar-refractivity contribution in [2.75, 3.05) is 36.9 Å². The van der Waals surface area contributed by atoms with Gasteiger partial charge in [0.05, 0.1) is 36.8 Å². The van der Waals surface area contributed by atoms with Crippen LogP contribution < -0.4 is 10.6 Å². The molecule has 1 fully saturated rings. The number of nitrogens with one attached hydrogen (secondary N) is 2. The fraction of sp³-hybridized carbons (Fsp3) is 0.294. The average Bonchev–Trinajstić information content (AvgIpc) is 3.62. The van der Waals surface area contributed by atoms with Gasteiger partial charge >= 0.3 is 6.03 Å². The van der Waals surface area contributed by atoms with Crippen LogP contribution in [-0.2, 0) is 16.7 Å². The maximum Gasteiger partial charge on any atom is 0.324 e. The van der Waals surface area contributed by atoms with E-state index in [1.54, 1.807) is 4.68 Å². The van der Waals surface area contributed by atoms with Crippen molar-refractivity contribution in [3.63, 3.8) is 0 Å². The number of amides is 2. The number of nitrogens with zero attached hydrogens (tertiary/aromatic N) is 3. The van der Waals surface area contributed by atoms with Gasteiger partial charge in [-0.3, -0.25) is 10.2 Å². The van der Waals surface area contributed by atoms with E-state index in [1.807, 2.05) is 79.7 Å². The average molecular weight is 564 g/mol. The summed E-state index contributed by atoms with van der Waals surface area (Å²) in [6.45, 7) is 12.5. The van der Waals surface area contributed by atoms with Crippen molar-refractivity contribution >= 4 is 28.3 Å². The van der Waals surface area contributed by atoms with Crippen LogP contribution in [0.1, 0.15) is 37.8 Å². The third-order valence-corrected chi connectivity index (χ3v) is 7.58. The first-order valence-corrected chi connectivity index (χ1v) is 14.4. The van der Waals surface area contributed by atoms with Gasteiger partial charge in [0, 0.05) is 35.5 Å². The summed E-state index contributed by atoms with van der Waals surface area (Å²) in [5.74, 6) is 2.34. The number of rotatable bonds is 6. The van der Waals surface area contributed by atoms with E-state index < -0.39 is 0 Å². The Kier molecular flexibility index (Phi) is 7.58. The quantitative estimate of drug-likeness (QED) is 0.225. The van der Waals surface area contributed by atoms with Crippen LogP contribution in [0.5, 0.6) is 0 Å². The summed E-state index contributed by atoms with van der Waals surface area (Å²) in [5, 5.41) is 12.9. The lowest BCUT2D eigenvalue weighted by atomic mass is 9.92. The first-order valence-electron chi connectivity index (χ1n) is 14.4. The summed E-state index contributed by atoms with van der Waals surface area (Å²) >= 11 is 0. The smallest absolute Gasteiger partial charge is 0.324 e. The van der Waals surface area contributed by atoms with Crippen LogP contribution in [0.3, 0.4) is 0 Å². The fourth-order valence-corrected chi connectivity index (χ4v) is 5.20. The van der Waals surface area contributed by atoms with Gasteiger partial charge in [0.25, 0.3) is 0 Å². The Labute approximate surface area is 246 Å². The first-order chi connectivity index (χ1) is 20.2. The molecule has 6 rings (SSSR count). The minimum Gasteiger partial charge on any atom is -0.460 e. The Morgan fingerprint density at radius 3 is 2.38 bits per heavy atom. The number of hydrogen-bond donors (Lipinski definition) is 2. The Balaban J connectivity index is 1.25. The number of benzene rings is 3. The summed E-state index contributed by atoms with van der Waals surface area (Å²) < 4.78 is 13.5. The molecule has 1 aliphatic rings. The van der Waals surface area contributed by atoms with Gasteiger partial charge in [-0.15, -0.1) is 0 Å². The minimum absolute atomic E-state index is 0.178. The maximum absolute atomic E-state index is 13.4. The molecule has 2 aromatic heterocycles. The van der Waals surface area contributed by atoms with Crippen LogP contribution in [0.2, 0.25) is 0 Å². The molecule has 3 heterocycles. The van der Waals surface area contributed by atoms with Crippen LogP contribution in [-0.4, -0.2) is 47.0 Å². The lowest BCUT2D eigenvalue weighted by Gasteiger charge is -2.25. The molecule has 8 nitrogen and oxygen atoms in total. The van der Waals surface area contributed by atoms with Crippen LogP contribution in [0.4, 0.5) is 16.3 Å². The number of ether oxygens (including phenoxy) is 1. The van der Waals surface area contributed by atoms with Crippen LogP contribution in [0.15, 0.2) is 83.3 Å². The van der Waals surface area contributed by atoms with E-state index >= 15 is 0 Å². The van der Waals surface area contributed by atoms with Crippen molar-refractivity contribution in [3.8, 4) is 17.0 Å². The van der Waals surface area contributed by atoms with Crippen molar-refractivity contribution in [3.05, 3.63) is 95.9 Å². The number of urea groups is 1. The van der Waals surface area contributed by atoms with Gasteiger partial charge < -0.3 is 14.5 Å². The lowest BCUT2D eigenvalue weighted by Crippen LogP contribution is -2.35. The van der Waals surface area contributed by atoms with Gasteiger partial charge in [-0.25, -0.2) is 9.48 Å². The number of carbonyl (C=O) groups is 1. The number of anilines is 2. The molecular formula is C34H37N5O3. The Bertz CT molecular complexity index is 1710. The molecule has 0 aliphatic carbocycles. The van der Waals surface area contributed by atoms with E-state index in [4.69, 9.17) is 14.3 Å². The largest absolute Gasteiger partial charge is 0.460 e. The van der Waals surface area contributed by atoms with E-state index in [9.17, 15) is 4.79 Å². The Morgan fingerprint density at radius 1 is 0.905 bits per heavy atom. The Morgan fingerprint density at radius 2 is 1.64 bits per heavy atom. The molecule has 0 unspecified atom stereocenters. The summed E-state index contributed by atoms with van der Waals surface area (Å²) in [5.41, 5.74) is 4.45. The van der Waals surface area contributed by atoms with Gasteiger partial charge in [-0.2, -0.15) is 5.10 Å². The molecule has 216 valence electrons. The molecule has 2 amide bonds. The van der Waals surface area contributed by atoms with Gasteiger partial charge in [0.15, 0.2) is 0 Å². The summed E-state index contributed by atoms with van der Waals surface area (Å²) in [6.07, 6.45) is 0. The fourth-order valence-electron chi connectivity index (χ4n) is 5.20. The lowest BCUT2D eigenvalue weighted by molar-refractivity contribution is 0.0314. The van der Waals surface area contributed by atoms with E-state index in [-0.39, 0.29) is 11.4 Å². The standard InChI is InChI=1S/C34H37N5O3/c1-23-9-11-24(12-10-23)39-32(21-31(37-39)34(2,3)4)36-33(40)35-29-15-14-28(26-7-5-6-8-27(26)29)30-16-13-25(42-30)22-38-17-19-41-20-18-38/h5-16,21H,17-20,22H2,1-4H3,(H2,35,36,40). The van der Waals surface area contributed by atoms with Crippen molar-refractivity contribution in [1.29, 1.82) is 0 Å². The highest BCUT2D eigenvalue weighted by molar-refractivity contribution is 6.09. The van der Waals surface area contributed by atoms with Gasteiger partial charge in [0.1, 0.15) is 17.3 Å². The second-order valence-corrected chi connectivity index (χ2v) is 11.9. The molecule has 1 saturated heterocycles. The highest BCUT2D eigenvalue weighted by Crippen LogP contribution is 2.35. The minimum atomic E-state index is -0.340. The number of morpholine rings is 1. The van der Waals surface area contributed by atoms with Gasteiger partial charge in [-0.05, 0) is 48.7 Å². The second-order valence-electron chi connectivity index (χ2n) is 11.9. The first kappa shape index (κ1) is 27.8. The number of furan rings is 1. The molecule has 2 N–H and O–H groups in total. The van der Waals surface area contributed by atoms with E-state index in [0.29, 0.717) is 11.5 Å². The number of aromatic nitrogens is 2. The molecule has 0 saturated carbocycles. The molecule has 0 bridgehead atoms. The zero-order chi connectivity index (χ0) is 29.3. The molecule has 0 atom stereocenters. The van der Waals surface area contributed by atoms with E-state index in [0.717, 1.165) is 77.6 Å². The van der Waals surface area contributed by atoms with Crippen molar-refractivity contribution < 1.29 is 13.9 Å². The highest BCUT2D eigenvalue weighted by Gasteiger charge is 2.22. The molecular weight excluding hydrogens is 526 g/mol. The van der Waals surface area contributed by atoms with Crippen LogP contribution in [0, 0.1) is 6.92 Å². The predicted octanol–water partition coefficient (Wildman–Crippen LogP) is 7.37. The SMILES string of the molecule is Cc1ccc(-n2nc(C(C)(C)C)cc2NC(=O)Nc2ccc(-c3ccc(CN4CCOCC4)o3)c3ccccc23)cc1. The summed E-state index contributed by atoms with van der Waals surface area (Å²) in [7, 11) is 0. The maximum atomic E-state index is 13.4. The van der Waals surface area contributed by atoms with Gasteiger partial charge in [-0.1, -0.05) is 62.7 Å². The van der Waals surface area contributed by atoms with E-state index in [1.165, 1.54) is 0 Å². The Hall–Kier alpha value is -4.40. The summed E-state index contributed by atoms with van der Waals surface area (Å²) in [4.78, 5) is 15.7. The number of carbonyl (C=O) groups excluding carboxylic acids is 1. The third-order valence-electron chi connectivity index (χ3n) is 7.58. The van der Waals surface area contributed by atoms with E-state index in [2.05, 4.69) is 42.4 Å². The normalized spacial score (nSPS) is 14.3. The second kappa shape index (κ2) is 11.5. The molecule has 42 heavy (non-hydrogen) atoms. The summed E-state index contributed by atoms with van der Waals surface area (Å²) in [6, 6.07) is 25.7. The zero-order valence-corrected chi connectivity index (χ0v) is 24.6. The predicted molar refractivity (Wildman–Crippen MR) is 167 cm³/mol. The third kappa shape index (κ3) is 5.95. The van der Waals surface area contributed by atoms with Crippen molar-refractivity contribution in [2.24, 2.45) is 0 Å². The number of aryl methyl sites for hydroxylation is 1. The zero-order valence-electron chi connectivity index (χ0n) is 24.6. The monoisotopic (exact) mass is 563 g/mol. The highest BCUT2D eigenvalue weighted by atomic mass is 16.5. The van der Waals surface area contributed by atoms with Crippen LogP contribution in [0.25, 0.3) is 27.8 Å². The molecule has 8 heteroatoms.